The molecule has 0 saturated heterocycles. The molecule has 2 rings (SSSR count). The van der Waals surface area contributed by atoms with Crippen LogP contribution < -0.4 is 4.52 Å². The zero-order chi connectivity index (χ0) is 18.8. The number of benzene rings is 2. The molecule has 0 heterocycles. The first-order chi connectivity index (χ1) is 12.5. The predicted octanol–water partition coefficient (Wildman–Crippen LogP) is 4.40. The Hall–Kier alpha value is -2.14. The molecule has 7 heteroatoms. The van der Waals surface area contributed by atoms with Crippen LogP contribution in [0, 0.1) is 0 Å². The summed E-state index contributed by atoms with van der Waals surface area (Å²) >= 11 is 0. The van der Waals surface area contributed by atoms with Crippen LogP contribution in [0.25, 0.3) is 0 Å². The van der Waals surface area contributed by atoms with Crippen molar-refractivity contribution in [3.05, 3.63) is 66.2 Å². The third-order valence-corrected chi connectivity index (χ3v) is 4.91. The first-order valence-electron chi connectivity index (χ1n) is 8.33. The summed E-state index contributed by atoms with van der Waals surface area (Å²) in [5.41, 5.74) is 0.928. The molecule has 2 aromatic rings. The Balaban J connectivity index is 2.04. The molecular weight excluding hydrogens is 355 g/mol. The van der Waals surface area contributed by atoms with Crippen LogP contribution in [-0.4, -0.2) is 25.0 Å². The lowest BCUT2D eigenvalue weighted by molar-refractivity contribution is -0.150. The largest absolute Gasteiger partial charge is 0.464 e. The van der Waals surface area contributed by atoms with Gasteiger partial charge in [-0.2, -0.15) is 0 Å². The molecule has 0 aliphatic heterocycles. The van der Waals surface area contributed by atoms with Crippen LogP contribution >= 0.6 is 7.60 Å². The van der Waals surface area contributed by atoms with E-state index in [-0.39, 0.29) is 19.6 Å². The van der Waals surface area contributed by atoms with Gasteiger partial charge in [0, 0.05) is 0 Å². The second-order valence-corrected chi connectivity index (χ2v) is 7.35. The van der Waals surface area contributed by atoms with E-state index in [0.717, 1.165) is 5.56 Å². The van der Waals surface area contributed by atoms with Crippen LogP contribution in [0.4, 0.5) is 0 Å². The van der Waals surface area contributed by atoms with E-state index in [9.17, 15) is 9.36 Å². The fourth-order valence-electron chi connectivity index (χ4n) is 2.11. The molecule has 1 unspecified atom stereocenters. The summed E-state index contributed by atoms with van der Waals surface area (Å²) in [4.78, 5) is 11.8. The van der Waals surface area contributed by atoms with Gasteiger partial charge in [-0.1, -0.05) is 48.5 Å². The van der Waals surface area contributed by atoms with Gasteiger partial charge in [-0.15, -0.1) is 0 Å². The molecule has 2 atom stereocenters. The number of carbonyl (C=O) groups is 1. The number of para-hydroxylation sites is 1. The van der Waals surface area contributed by atoms with E-state index in [1.807, 2.05) is 36.4 Å². The van der Waals surface area contributed by atoms with Gasteiger partial charge >= 0.3 is 13.6 Å². The van der Waals surface area contributed by atoms with Crippen molar-refractivity contribution in [2.24, 2.45) is 0 Å². The minimum Gasteiger partial charge on any atom is -0.464 e. The molecule has 6 nitrogen and oxygen atoms in total. The maximum absolute atomic E-state index is 13.1. The second kappa shape index (κ2) is 10.1. The van der Waals surface area contributed by atoms with E-state index in [1.165, 1.54) is 6.92 Å². The molecule has 0 amide bonds. The van der Waals surface area contributed by atoms with Crippen molar-refractivity contribution in [1.29, 1.82) is 0 Å². The van der Waals surface area contributed by atoms with Gasteiger partial charge in [0.15, 0.2) is 12.5 Å². The van der Waals surface area contributed by atoms with Crippen molar-refractivity contribution in [2.45, 2.75) is 26.6 Å². The summed E-state index contributed by atoms with van der Waals surface area (Å²) in [6, 6.07) is 18.1. The van der Waals surface area contributed by atoms with Crippen LogP contribution in [0.2, 0.25) is 0 Å². The van der Waals surface area contributed by atoms with Crippen molar-refractivity contribution in [3.8, 4) is 5.75 Å². The summed E-state index contributed by atoms with van der Waals surface area (Å²) < 4.78 is 34.5. The standard InChI is InChI=1S/C19H23O6P/c1-3-23-19(20)16(2)24-26(21,25-18-12-8-5-9-13-18)15-22-14-17-10-6-4-7-11-17/h4-13,16H,3,14-15H2,1-2H3/t16-,26?/m1/s1. The molecule has 2 aromatic carbocycles. The third kappa shape index (κ3) is 6.64. The van der Waals surface area contributed by atoms with Crippen LogP contribution in [0.3, 0.4) is 0 Å². The summed E-state index contributed by atoms with van der Waals surface area (Å²) in [7, 11) is -3.73. The molecule has 0 saturated carbocycles. The monoisotopic (exact) mass is 378 g/mol. The molecule has 0 aliphatic carbocycles. The number of rotatable bonds is 10. The Kier molecular flexibility index (Phi) is 7.85. The SMILES string of the molecule is CCOC(=O)[C@@H](C)OP(=O)(COCc1ccccc1)Oc1ccccc1. The fourth-order valence-corrected chi connectivity index (χ4v) is 3.60. The van der Waals surface area contributed by atoms with Gasteiger partial charge in [0.1, 0.15) is 5.75 Å². The number of esters is 1. The average Bonchev–Trinajstić information content (AvgIpc) is 2.63. The zero-order valence-electron chi connectivity index (χ0n) is 14.9. The smallest absolute Gasteiger partial charge is 0.405 e. The number of hydrogen-bond acceptors (Lipinski definition) is 6. The summed E-state index contributed by atoms with van der Waals surface area (Å²) in [6.45, 7) is 3.62. The van der Waals surface area contributed by atoms with Crippen molar-refractivity contribution < 1.29 is 27.9 Å². The second-order valence-electron chi connectivity index (χ2n) is 5.48. The Morgan fingerprint density at radius 3 is 2.27 bits per heavy atom. The summed E-state index contributed by atoms with van der Waals surface area (Å²) in [5, 5.41) is 0. The summed E-state index contributed by atoms with van der Waals surface area (Å²) in [6.07, 6.45) is -1.33. The molecule has 0 bridgehead atoms. The number of hydrogen-bond donors (Lipinski definition) is 0. The Morgan fingerprint density at radius 2 is 1.65 bits per heavy atom. The predicted molar refractivity (Wildman–Crippen MR) is 98.0 cm³/mol. The van der Waals surface area contributed by atoms with Crippen LogP contribution in [0.5, 0.6) is 5.75 Å². The third-order valence-electron chi connectivity index (χ3n) is 3.29. The maximum Gasteiger partial charge on any atom is 0.405 e. The molecule has 26 heavy (non-hydrogen) atoms. The van der Waals surface area contributed by atoms with E-state index in [4.69, 9.17) is 18.5 Å². The van der Waals surface area contributed by atoms with Gasteiger partial charge in [0.2, 0.25) is 0 Å². The molecule has 0 aliphatic rings. The van der Waals surface area contributed by atoms with Gasteiger partial charge in [-0.25, -0.2) is 9.36 Å². The van der Waals surface area contributed by atoms with Crippen LogP contribution in [0.1, 0.15) is 19.4 Å². The lowest BCUT2D eigenvalue weighted by atomic mass is 10.2. The van der Waals surface area contributed by atoms with E-state index < -0.39 is 19.7 Å². The molecule has 0 aromatic heterocycles. The molecule has 0 spiro atoms. The molecule has 140 valence electrons. The minimum atomic E-state index is -3.73. The zero-order valence-corrected chi connectivity index (χ0v) is 15.8. The van der Waals surface area contributed by atoms with Crippen molar-refractivity contribution in [2.75, 3.05) is 13.0 Å². The Morgan fingerprint density at radius 1 is 1.04 bits per heavy atom. The quantitative estimate of drug-likeness (QED) is 0.451. The highest BCUT2D eigenvalue weighted by Gasteiger charge is 2.33. The molecule has 0 N–H and O–H groups in total. The number of carbonyl (C=O) groups excluding carboxylic acids is 1. The highest BCUT2D eigenvalue weighted by molar-refractivity contribution is 7.54. The van der Waals surface area contributed by atoms with Crippen molar-refractivity contribution >= 4 is 13.6 Å². The van der Waals surface area contributed by atoms with Crippen LogP contribution in [0.15, 0.2) is 60.7 Å². The van der Waals surface area contributed by atoms with Crippen LogP contribution in [-0.2, 0) is 30.0 Å². The van der Waals surface area contributed by atoms with E-state index in [0.29, 0.717) is 5.75 Å². The molecule has 0 radical (unpaired) electrons. The van der Waals surface area contributed by atoms with E-state index in [1.54, 1.807) is 31.2 Å². The van der Waals surface area contributed by atoms with Gasteiger partial charge in [-0.3, -0.25) is 4.52 Å². The van der Waals surface area contributed by atoms with Crippen molar-refractivity contribution in [3.63, 3.8) is 0 Å². The van der Waals surface area contributed by atoms with Gasteiger partial charge in [0.05, 0.1) is 13.2 Å². The Labute approximate surface area is 153 Å². The first-order valence-corrected chi connectivity index (χ1v) is 10.1. The summed E-state index contributed by atoms with van der Waals surface area (Å²) in [5.74, 6) is -0.234. The lowest BCUT2D eigenvalue weighted by Crippen LogP contribution is -2.24. The Bertz CT molecular complexity index is 719. The minimum absolute atomic E-state index is 0.209. The highest BCUT2D eigenvalue weighted by Crippen LogP contribution is 2.49. The molecule has 0 fully saturated rings. The normalized spacial score (nSPS) is 14.2. The highest BCUT2D eigenvalue weighted by atomic mass is 31.2. The first kappa shape index (κ1) is 20.2. The van der Waals surface area contributed by atoms with E-state index in [2.05, 4.69) is 0 Å². The number of ether oxygens (including phenoxy) is 2. The average molecular weight is 378 g/mol. The fraction of sp³-hybridized carbons (Fsp3) is 0.316. The van der Waals surface area contributed by atoms with Gasteiger partial charge < -0.3 is 14.0 Å². The van der Waals surface area contributed by atoms with E-state index >= 15 is 0 Å². The van der Waals surface area contributed by atoms with Crippen molar-refractivity contribution in [1.82, 2.24) is 0 Å². The van der Waals surface area contributed by atoms with Gasteiger partial charge in [0.25, 0.3) is 0 Å². The topological polar surface area (TPSA) is 71.1 Å². The molecular formula is C19H23O6P. The lowest BCUT2D eigenvalue weighted by Gasteiger charge is -2.22. The maximum atomic E-state index is 13.1. The van der Waals surface area contributed by atoms with Gasteiger partial charge in [-0.05, 0) is 31.5 Å².